The van der Waals surface area contributed by atoms with E-state index < -0.39 is 0 Å². The molecule has 18 heavy (non-hydrogen) atoms. The van der Waals surface area contributed by atoms with Gasteiger partial charge in [-0.05, 0) is 25.5 Å². The van der Waals surface area contributed by atoms with Crippen LogP contribution in [-0.2, 0) is 6.54 Å². The Morgan fingerprint density at radius 1 is 1.28 bits per heavy atom. The summed E-state index contributed by atoms with van der Waals surface area (Å²) in [6.45, 7) is 4.29. The summed E-state index contributed by atoms with van der Waals surface area (Å²) in [6, 6.07) is 9.65. The van der Waals surface area contributed by atoms with E-state index in [1.807, 2.05) is 31.2 Å². The van der Waals surface area contributed by atoms with Gasteiger partial charge in [0.2, 0.25) is 0 Å². The lowest BCUT2D eigenvalue weighted by molar-refractivity contribution is 0.0945. The second-order valence-corrected chi connectivity index (χ2v) is 4.16. The molecule has 0 unspecified atom stereocenters. The third-order valence-corrected chi connectivity index (χ3v) is 2.54. The molecule has 2 rings (SSSR count). The first kappa shape index (κ1) is 12.2. The highest BCUT2D eigenvalue weighted by atomic mass is 16.1. The summed E-state index contributed by atoms with van der Waals surface area (Å²) in [6.07, 6.45) is 1.59. The maximum Gasteiger partial charge on any atom is 0.270 e. The van der Waals surface area contributed by atoms with Gasteiger partial charge in [0.05, 0.1) is 0 Å². The van der Waals surface area contributed by atoms with Crippen LogP contribution in [0.3, 0.4) is 0 Å². The molecule has 0 aliphatic rings. The normalized spacial score (nSPS) is 10.1. The molecule has 2 aromatic rings. The van der Waals surface area contributed by atoms with Gasteiger partial charge in [0, 0.05) is 12.7 Å². The number of carbonyl (C=O) groups is 1. The SMILES string of the molecule is Cc1cccc(CNC(=O)c2ccnc(C)n2)c1. The standard InChI is InChI=1S/C14H15N3O/c1-10-4-3-5-12(8-10)9-16-14(18)13-6-7-15-11(2)17-13/h3-8H,9H2,1-2H3,(H,16,18). The summed E-state index contributed by atoms with van der Waals surface area (Å²) in [4.78, 5) is 19.9. The van der Waals surface area contributed by atoms with E-state index in [1.165, 1.54) is 5.56 Å². The molecule has 1 aromatic heterocycles. The van der Waals surface area contributed by atoms with Crippen LogP contribution in [-0.4, -0.2) is 15.9 Å². The van der Waals surface area contributed by atoms with Crippen LogP contribution in [0.15, 0.2) is 36.5 Å². The number of hydrogen-bond acceptors (Lipinski definition) is 3. The van der Waals surface area contributed by atoms with Crippen molar-refractivity contribution in [3.63, 3.8) is 0 Å². The highest BCUT2D eigenvalue weighted by Crippen LogP contribution is 2.04. The molecule has 4 nitrogen and oxygen atoms in total. The van der Waals surface area contributed by atoms with E-state index in [2.05, 4.69) is 15.3 Å². The van der Waals surface area contributed by atoms with E-state index in [4.69, 9.17) is 0 Å². The Balaban J connectivity index is 2.00. The van der Waals surface area contributed by atoms with Gasteiger partial charge in [-0.3, -0.25) is 4.79 Å². The predicted octanol–water partition coefficient (Wildman–Crippen LogP) is 2.02. The van der Waals surface area contributed by atoms with Crippen molar-refractivity contribution in [3.8, 4) is 0 Å². The summed E-state index contributed by atoms with van der Waals surface area (Å²) in [5.74, 6) is 0.417. The largest absolute Gasteiger partial charge is 0.347 e. The highest BCUT2D eigenvalue weighted by Gasteiger charge is 2.06. The maximum absolute atomic E-state index is 11.9. The Bertz CT molecular complexity index is 566. The van der Waals surface area contributed by atoms with E-state index in [0.29, 0.717) is 18.1 Å². The average Bonchev–Trinajstić information content (AvgIpc) is 2.36. The van der Waals surface area contributed by atoms with Gasteiger partial charge >= 0.3 is 0 Å². The van der Waals surface area contributed by atoms with Gasteiger partial charge in [-0.1, -0.05) is 29.8 Å². The Hall–Kier alpha value is -2.23. The quantitative estimate of drug-likeness (QED) is 0.894. The van der Waals surface area contributed by atoms with E-state index in [9.17, 15) is 4.79 Å². The molecular formula is C14H15N3O. The van der Waals surface area contributed by atoms with Crippen molar-refractivity contribution in [3.05, 3.63) is 59.2 Å². The Morgan fingerprint density at radius 2 is 2.11 bits per heavy atom. The van der Waals surface area contributed by atoms with Crippen LogP contribution in [0, 0.1) is 13.8 Å². The van der Waals surface area contributed by atoms with Crippen LogP contribution < -0.4 is 5.32 Å². The minimum atomic E-state index is -0.179. The molecule has 0 saturated heterocycles. The number of aromatic nitrogens is 2. The molecular weight excluding hydrogens is 226 g/mol. The maximum atomic E-state index is 11.9. The fourth-order valence-electron chi connectivity index (χ4n) is 1.68. The summed E-state index contributed by atoms with van der Waals surface area (Å²) in [5, 5.41) is 2.84. The van der Waals surface area contributed by atoms with E-state index in [1.54, 1.807) is 19.2 Å². The molecule has 1 N–H and O–H groups in total. The summed E-state index contributed by atoms with van der Waals surface area (Å²) in [5.41, 5.74) is 2.66. The minimum Gasteiger partial charge on any atom is -0.347 e. The van der Waals surface area contributed by atoms with Crippen molar-refractivity contribution in [2.45, 2.75) is 20.4 Å². The van der Waals surface area contributed by atoms with Gasteiger partial charge in [0.1, 0.15) is 11.5 Å². The van der Waals surface area contributed by atoms with Crippen molar-refractivity contribution >= 4 is 5.91 Å². The van der Waals surface area contributed by atoms with Crippen LogP contribution in [0.2, 0.25) is 0 Å². The Labute approximate surface area is 106 Å². The monoisotopic (exact) mass is 241 g/mol. The molecule has 0 bridgehead atoms. The molecule has 0 atom stereocenters. The van der Waals surface area contributed by atoms with Crippen LogP contribution >= 0.6 is 0 Å². The van der Waals surface area contributed by atoms with Crippen LogP contribution in [0.5, 0.6) is 0 Å². The molecule has 92 valence electrons. The molecule has 0 spiro atoms. The summed E-state index contributed by atoms with van der Waals surface area (Å²) < 4.78 is 0. The number of amides is 1. The predicted molar refractivity (Wildman–Crippen MR) is 69.1 cm³/mol. The van der Waals surface area contributed by atoms with Crippen molar-refractivity contribution in [2.75, 3.05) is 0 Å². The van der Waals surface area contributed by atoms with Gasteiger partial charge in [-0.2, -0.15) is 0 Å². The lowest BCUT2D eigenvalue weighted by Crippen LogP contribution is -2.24. The molecule has 1 amide bonds. The molecule has 4 heteroatoms. The fourth-order valence-corrected chi connectivity index (χ4v) is 1.68. The van der Waals surface area contributed by atoms with E-state index in [-0.39, 0.29) is 5.91 Å². The van der Waals surface area contributed by atoms with Gasteiger partial charge < -0.3 is 5.32 Å². The molecule has 1 heterocycles. The number of rotatable bonds is 3. The molecule has 1 aromatic carbocycles. The van der Waals surface area contributed by atoms with Crippen LogP contribution in [0.4, 0.5) is 0 Å². The van der Waals surface area contributed by atoms with Gasteiger partial charge in [0.15, 0.2) is 0 Å². The zero-order valence-electron chi connectivity index (χ0n) is 10.5. The van der Waals surface area contributed by atoms with Crippen molar-refractivity contribution in [1.82, 2.24) is 15.3 Å². The second-order valence-electron chi connectivity index (χ2n) is 4.16. The van der Waals surface area contributed by atoms with Crippen LogP contribution in [0.25, 0.3) is 0 Å². The summed E-state index contributed by atoms with van der Waals surface area (Å²) >= 11 is 0. The molecule has 0 aliphatic heterocycles. The van der Waals surface area contributed by atoms with Crippen molar-refractivity contribution in [2.24, 2.45) is 0 Å². The number of benzene rings is 1. The smallest absolute Gasteiger partial charge is 0.270 e. The molecule has 0 saturated carbocycles. The van der Waals surface area contributed by atoms with E-state index >= 15 is 0 Å². The van der Waals surface area contributed by atoms with Crippen molar-refractivity contribution < 1.29 is 4.79 Å². The first-order valence-electron chi connectivity index (χ1n) is 5.78. The van der Waals surface area contributed by atoms with Gasteiger partial charge in [-0.15, -0.1) is 0 Å². The second kappa shape index (κ2) is 5.40. The Morgan fingerprint density at radius 3 is 2.83 bits per heavy atom. The zero-order chi connectivity index (χ0) is 13.0. The third-order valence-electron chi connectivity index (χ3n) is 2.54. The number of nitrogens with one attached hydrogen (secondary N) is 1. The van der Waals surface area contributed by atoms with E-state index in [0.717, 1.165) is 5.56 Å². The lowest BCUT2D eigenvalue weighted by atomic mass is 10.1. The first-order valence-corrected chi connectivity index (χ1v) is 5.78. The fraction of sp³-hybridized carbons (Fsp3) is 0.214. The lowest BCUT2D eigenvalue weighted by Gasteiger charge is -2.05. The summed E-state index contributed by atoms with van der Waals surface area (Å²) in [7, 11) is 0. The number of carbonyl (C=O) groups excluding carboxylic acids is 1. The third kappa shape index (κ3) is 3.13. The molecule has 0 radical (unpaired) electrons. The number of aryl methyl sites for hydroxylation is 2. The Kier molecular flexibility index (Phi) is 3.67. The van der Waals surface area contributed by atoms with Gasteiger partial charge in [0.25, 0.3) is 5.91 Å². The molecule has 0 fully saturated rings. The topological polar surface area (TPSA) is 54.9 Å². The minimum absolute atomic E-state index is 0.179. The highest BCUT2D eigenvalue weighted by molar-refractivity contribution is 5.92. The molecule has 0 aliphatic carbocycles. The zero-order valence-corrected chi connectivity index (χ0v) is 10.5. The van der Waals surface area contributed by atoms with Gasteiger partial charge in [-0.25, -0.2) is 9.97 Å². The average molecular weight is 241 g/mol. The number of hydrogen-bond donors (Lipinski definition) is 1. The van der Waals surface area contributed by atoms with Crippen LogP contribution in [0.1, 0.15) is 27.4 Å². The first-order chi connectivity index (χ1) is 8.65. The number of nitrogens with zero attached hydrogens (tertiary/aromatic N) is 2. The van der Waals surface area contributed by atoms with Crippen molar-refractivity contribution in [1.29, 1.82) is 0 Å².